The van der Waals surface area contributed by atoms with Gasteiger partial charge in [-0.2, -0.15) is 4.98 Å². The highest BCUT2D eigenvalue weighted by molar-refractivity contribution is 6.30. The number of fused-ring (bicyclic) bond motifs is 3. The SMILES string of the molecule is Cc1ccc2c(c1)c1ncn(Cc3nc(C4CC4)no3)c(=O)c1n2CC(=O)Nc1cccc(Cl)c1. The van der Waals surface area contributed by atoms with Crippen molar-refractivity contribution in [1.82, 2.24) is 24.3 Å². The summed E-state index contributed by atoms with van der Waals surface area (Å²) in [6.45, 7) is 2.02. The van der Waals surface area contributed by atoms with Crippen molar-refractivity contribution in [2.24, 2.45) is 0 Å². The van der Waals surface area contributed by atoms with Crippen LogP contribution in [0.2, 0.25) is 5.02 Å². The highest BCUT2D eigenvalue weighted by Crippen LogP contribution is 2.38. The van der Waals surface area contributed by atoms with Gasteiger partial charge in [0.2, 0.25) is 11.8 Å². The lowest BCUT2D eigenvalue weighted by Crippen LogP contribution is -2.25. The van der Waals surface area contributed by atoms with Gasteiger partial charge < -0.3 is 14.4 Å². The molecule has 3 aromatic heterocycles. The van der Waals surface area contributed by atoms with E-state index in [1.165, 1.54) is 10.9 Å². The van der Waals surface area contributed by atoms with Crippen molar-refractivity contribution in [3.8, 4) is 0 Å². The molecule has 1 fully saturated rings. The summed E-state index contributed by atoms with van der Waals surface area (Å²) in [5, 5.41) is 8.21. The molecule has 0 unspecified atom stereocenters. The number of carbonyl (C=O) groups excluding carboxylic acids is 1. The van der Waals surface area contributed by atoms with Gasteiger partial charge in [0.05, 0.1) is 11.8 Å². The third-order valence-electron chi connectivity index (χ3n) is 6.12. The number of halogens is 1. The topological polar surface area (TPSA) is 108 Å². The summed E-state index contributed by atoms with van der Waals surface area (Å²) >= 11 is 6.04. The van der Waals surface area contributed by atoms with E-state index in [4.69, 9.17) is 16.1 Å². The minimum Gasteiger partial charge on any atom is -0.337 e. The monoisotopic (exact) mass is 488 g/mol. The standard InChI is InChI=1S/C25H21ClN6O3/c1-14-5-8-19-18(9-14)22-23(32(19)11-20(33)28-17-4-2-3-16(26)10-17)25(34)31(13-27-22)12-21-29-24(30-35-21)15-6-7-15/h2-5,8-10,13,15H,6-7,11-12H2,1H3,(H,28,33). The van der Waals surface area contributed by atoms with E-state index in [-0.39, 0.29) is 24.6 Å². The quantitative estimate of drug-likeness (QED) is 0.382. The number of aryl methyl sites for hydroxylation is 1. The smallest absolute Gasteiger partial charge is 0.278 e. The molecule has 0 aliphatic heterocycles. The normalized spacial score (nSPS) is 13.5. The summed E-state index contributed by atoms with van der Waals surface area (Å²) < 4.78 is 8.49. The van der Waals surface area contributed by atoms with E-state index in [1.807, 2.05) is 25.1 Å². The van der Waals surface area contributed by atoms with Gasteiger partial charge in [-0.3, -0.25) is 14.2 Å². The number of benzene rings is 2. The van der Waals surface area contributed by atoms with Crippen LogP contribution in [0.5, 0.6) is 0 Å². The minimum absolute atomic E-state index is 0.0666. The number of rotatable bonds is 6. The Kier molecular flexibility index (Phi) is 5.14. The highest BCUT2D eigenvalue weighted by Gasteiger charge is 2.29. The van der Waals surface area contributed by atoms with Crippen molar-refractivity contribution in [3.05, 3.63) is 81.4 Å². The average Bonchev–Trinajstić information content (AvgIpc) is 3.50. The fraction of sp³-hybridized carbons (Fsp3) is 0.240. The molecule has 0 bridgehead atoms. The van der Waals surface area contributed by atoms with E-state index < -0.39 is 0 Å². The Balaban J connectivity index is 1.41. The van der Waals surface area contributed by atoms with Gasteiger partial charge in [-0.25, -0.2) is 4.98 Å². The van der Waals surface area contributed by atoms with Crippen LogP contribution in [0.4, 0.5) is 5.69 Å². The third-order valence-corrected chi connectivity index (χ3v) is 6.36. The number of carbonyl (C=O) groups is 1. The number of aromatic nitrogens is 5. The van der Waals surface area contributed by atoms with Crippen molar-refractivity contribution in [2.75, 3.05) is 5.32 Å². The Labute approximate surface area is 204 Å². The van der Waals surface area contributed by atoms with Crippen LogP contribution in [0.25, 0.3) is 21.9 Å². The maximum Gasteiger partial charge on any atom is 0.278 e. The van der Waals surface area contributed by atoms with E-state index in [9.17, 15) is 9.59 Å². The van der Waals surface area contributed by atoms with Crippen molar-refractivity contribution in [2.45, 2.75) is 38.8 Å². The van der Waals surface area contributed by atoms with Gasteiger partial charge in [-0.15, -0.1) is 0 Å². The second kappa shape index (κ2) is 8.35. The van der Waals surface area contributed by atoms with E-state index in [2.05, 4.69) is 20.4 Å². The molecular weight excluding hydrogens is 468 g/mol. The van der Waals surface area contributed by atoms with E-state index in [0.29, 0.717) is 39.4 Å². The van der Waals surface area contributed by atoms with Gasteiger partial charge in [-0.05, 0) is 50.1 Å². The fourth-order valence-corrected chi connectivity index (χ4v) is 4.48. The first kappa shape index (κ1) is 21.5. The molecule has 0 saturated heterocycles. The largest absolute Gasteiger partial charge is 0.337 e. The zero-order chi connectivity index (χ0) is 24.1. The first-order valence-electron chi connectivity index (χ1n) is 11.3. The molecule has 0 atom stereocenters. The minimum atomic E-state index is -0.286. The molecule has 2 aromatic carbocycles. The average molecular weight is 489 g/mol. The molecule has 5 aromatic rings. The maximum atomic E-state index is 13.6. The molecule has 35 heavy (non-hydrogen) atoms. The maximum absolute atomic E-state index is 13.6. The summed E-state index contributed by atoms with van der Waals surface area (Å²) in [5.74, 6) is 1.11. The summed E-state index contributed by atoms with van der Waals surface area (Å²) in [6, 6.07) is 12.7. The third kappa shape index (κ3) is 4.08. The first-order chi connectivity index (χ1) is 17.0. The fourth-order valence-electron chi connectivity index (χ4n) is 4.29. The molecule has 1 saturated carbocycles. The second-order valence-electron chi connectivity index (χ2n) is 8.86. The number of nitrogens with zero attached hydrogens (tertiary/aromatic N) is 5. The summed E-state index contributed by atoms with van der Waals surface area (Å²) in [5.41, 5.74) is 2.97. The van der Waals surface area contributed by atoms with Crippen LogP contribution in [0.1, 0.15) is 36.0 Å². The molecule has 0 spiro atoms. The van der Waals surface area contributed by atoms with E-state index in [0.717, 1.165) is 29.3 Å². The predicted octanol–water partition coefficient (Wildman–Crippen LogP) is 4.26. The van der Waals surface area contributed by atoms with Crippen LogP contribution >= 0.6 is 11.6 Å². The first-order valence-corrected chi connectivity index (χ1v) is 11.7. The van der Waals surface area contributed by atoms with Crippen molar-refractivity contribution < 1.29 is 9.32 Å². The lowest BCUT2D eigenvalue weighted by molar-refractivity contribution is -0.116. The zero-order valence-corrected chi connectivity index (χ0v) is 19.6. The molecule has 1 amide bonds. The Morgan fingerprint density at radius 2 is 2.09 bits per heavy atom. The molecule has 1 aliphatic rings. The van der Waals surface area contributed by atoms with E-state index >= 15 is 0 Å². The Morgan fingerprint density at radius 3 is 2.89 bits per heavy atom. The number of anilines is 1. The molecule has 1 aliphatic carbocycles. The van der Waals surface area contributed by atoms with E-state index in [1.54, 1.807) is 28.8 Å². The lowest BCUT2D eigenvalue weighted by Gasteiger charge is -2.09. The van der Waals surface area contributed by atoms with Gasteiger partial charge in [0.1, 0.15) is 24.1 Å². The number of nitrogens with one attached hydrogen (secondary N) is 1. The van der Waals surface area contributed by atoms with Crippen LogP contribution in [-0.2, 0) is 17.9 Å². The van der Waals surface area contributed by atoms with Gasteiger partial charge in [0.15, 0.2) is 5.82 Å². The predicted molar refractivity (Wildman–Crippen MR) is 132 cm³/mol. The molecule has 0 radical (unpaired) electrons. The van der Waals surface area contributed by atoms with Crippen molar-refractivity contribution >= 4 is 45.1 Å². The number of hydrogen-bond acceptors (Lipinski definition) is 6. The number of hydrogen-bond donors (Lipinski definition) is 1. The lowest BCUT2D eigenvalue weighted by atomic mass is 10.1. The molecule has 6 rings (SSSR count). The molecule has 10 heteroatoms. The number of amides is 1. The van der Waals surface area contributed by atoms with Crippen molar-refractivity contribution in [1.29, 1.82) is 0 Å². The van der Waals surface area contributed by atoms with Gasteiger partial charge in [0.25, 0.3) is 5.56 Å². The van der Waals surface area contributed by atoms with Crippen LogP contribution in [-0.4, -0.2) is 30.2 Å². The summed E-state index contributed by atoms with van der Waals surface area (Å²) in [7, 11) is 0. The highest BCUT2D eigenvalue weighted by atomic mass is 35.5. The van der Waals surface area contributed by atoms with Crippen LogP contribution in [0, 0.1) is 6.92 Å². The Hall–Kier alpha value is -3.98. The molecule has 9 nitrogen and oxygen atoms in total. The molecule has 3 heterocycles. The van der Waals surface area contributed by atoms with Gasteiger partial charge in [0, 0.05) is 22.0 Å². The van der Waals surface area contributed by atoms with Crippen LogP contribution in [0.3, 0.4) is 0 Å². The van der Waals surface area contributed by atoms with Gasteiger partial charge in [-0.1, -0.05) is 34.5 Å². The summed E-state index contributed by atoms with van der Waals surface area (Å²) in [4.78, 5) is 35.6. The zero-order valence-electron chi connectivity index (χ0n) is 18.9. The second-order valence-corrected chi connectivity index (χ2v) is 9.30. The molecule has 1 N–H and O–H groups in total. The Bertz CT molecular complexity index is 1660. The van der Waals surface area contributed by atoms with Crippen molar-refractivity contribution in [3.63, 3.8) is 0 Å². The Morgan fingerprint density at radius 1 is 1.23 bits per heavy atom. The molecular formula is C25H21ClN6O3. The van der Waals surface area contributed by atoms with Crippen LogP contribution in [0.15, 0.2) is 58.1 Å². The molecule has 176 valence electrons. The summed E-state index contributed by atoms with van der Waals surface area (Å²) in [6.07, 6.45) is 3.61. The van der Waals surface area contributed by atoms with Gasteiger partial charge >= 0.3 is 0 Å². The van der Waals surface area contributed by atoms with Crippen LogP contribution < -0.4 is 10.9 Å².